The molecular weight excluding hydrogens is 521 g/mol. The van der Waals surface area contributed by atoms with Gasteiger partial charge in [-0.05, 0) is 48.6 Å². The first-order chi connectivity index (χ1) is 16.4. The summed E-state index contributed by atoms with van der Waals surface area (Å²) in [6, 6.07) is 2.26. The first-order valence-corrected chi connectivity index (χ1v) is 13.1. The van der Waals surface area contributed by atoms with E-state index in [1.54, 1.807) is 0 Å². The quantitative estimate of drug-likeness (QED) is 0.556. The molecule has 2 N–H and O–H groups in total. The standard InChI is InChI=1S/C22H25F7N2O4S/c1-36(34,35)31-10-19(33,11-31)9-30-18(32)17-7-6-15-14-5-3-13(8-12(14)2-4-16(15)17)20(23,21(24,25)26)22(27,28)29/h3,5,8,15-17,33H,2,4,6-7,9-11H2,1H3,(H,30,32)/t15-,16+,17+/m0/s1. The fraction of sp³-hybridized carbons (Fsp3) is 0.682. The van der Waals surface area contributed by atoms with Gasteiger partial charge in [-0.25, -0.2) is 12.8 Å². The Morgan fingerprint density at radius 1 is 1.08 bits per heavy atom. The Hall–Kier alpha value is -1.93. The second kappa shape index (κ2) is 8.55. The molecule has 0 radical (unpaired) electrons. The van der Waals surface area contributed by atoms with E-state index < -0.39 is 45.1 Å². The first-order valence-electron chi connectivity index (χ1n) is 11.3. The van der Waals surface area contributed by atoms with E-state index in [0.717, 1.165) is 16.6 Å². The van der Waals surface area contributed by atoms with E-state index in [0.29, 0.717) is 37.0 Å². The van der Waals surface area contributed by atoms with Crippen LogP contribution in [0.3, 0.4) is 0 Å². The SMILES string of the molecule is CS(=O)(=O)N1CC(O)(CNC(=O)[C@@H]2CC[C@H]3c4ccc(C(F)(C(F)(F)F)C(F)(F)F)cc4CC[C@@H]23)C1. The molecule has 0 bridgehead atoms. The maximum atomic E-state index is 14.5. The number of alkyl halides is 7. The highest BCUT2D eigenvalue weighted by molar-refractivity contribution is 7.88. The number of sulfonamides is 1. The van der Waals surface area contributed by atoms with Gasteiger partial charge in [-0.1, -0.05) is 18.2 Å². The van der Waals surface area contributed by atoms with Crippen molar-refractivity contribution < 1.29 is 49.1 Å². The number of rotatable bonds is 5. The van der Waals surface area contributed by atoms with Gasteiger partial charge in [-0.3, -0.25) is 4.79 Å². The van der Waals surface area contributed by atoms with Gasteiger partial charge in [0.05, 0.1) is 6.26 Å². The minimum atomic E-state index is -6.18. The fourth-order valence-corrected chi connectivity index (χ4v) is 6.68. The van der Waals surface area contributed by atoms with Crippen molar-refractivity contribution in [3.63, 3.8) is 0 Å². The van der Waals surface area contributed by atoms with E-state index in [-0.39, 0.29) is 49.4 Å². The summed E-state index contributed by atoms with van der Waals surface area (Å²) in [5.74, 6) is -1.34. The van der Waals surface area contributed by atoms with Crippen molar-refractivity contribution in [2.45, 2.75) is 55.2 Å². The van der Waals surface area contributed by atoms with Crippen molar-refractivity contribution in [3.8, 4) is 0 Å². The van der Waals surface area contributed by atoms with Crippen LogP contribution in [-0.2, 0) is 26.9 Å². The van der Waals surface area contributed by atoms with Crippen LogP contribution in [0.5, 0.6) is 0 Å². The van der Waals surface area contributed by atoms with E-state index in [2.05, 4.69) is 5.32 Å². The van der Waals surface area contributed by atoms with Crippen LogP contribution < -0.4 is 5.32 Å². The topological polar surface area (TPSA) is 86.7 Å². The summed E-state index contributed by atoms with van der Waals surface area (Å²) < 4.78 is 117. The molecule has 1 saturated carbocycles. The average Bonchev–Trinajstić information content (AvgIpc) is 3.17. The minimum absolute atomic E-state index is 0.0904. The number of carbonyl (C=O) groups excluding carboxylic acids is 1. The minimum Gasteiger partial charge on any atom is -0.385 e. The van der Waals surface area contributed by atoms with E-state index >= 15 is 0 Å². The second-order valence-corrected chi connectivity index (χ2v) is 12.0. The van der Waals surface area contributed by atoms with Gasteiger partial charge in [0, 0.05) is 31.1 Å². The Morgan fingerprint density at radius 2 is 1.69 bits per heavy atom. The Labute approximate surface area is 202 Å². The van der Waals surface area contributed by atoms with E-state index in [9.17, 15) is 49.1 Å². The number of amides is 1. The van der Waals surface area contributed by atoms with Crippen LogP contribution in [-0.4, -0.2) is 67.6 Å². The molecule has 3 atom stereocenters. The number of carbonyl (C=O) groups is 1. The number of hydrogen-bond donors (Lipinski definition) is 2. The molecule has 1 aromatic carbocycles. The molecule has 1 aromatic rings. The van der Waals surface area contributed by atoms with Gasteiger partial charge >= 0.3 is 18.0 Å². The fourth-order valence-electron chi connectivity index (χ4n) is 5.73. The largest absolute Gasteiger partial charge is 0.435 e. The summed E-state index contributed by atoms with van der Waals surface area (Å²) >= 11 is 0. The molecule has 4 rings (SSSR count). The lowest BCUT2D eigenvalue weighted by Gasteiger charge is -2.44. The van der Waals surface area contributed by atoms with Gasteiger partial charge in [0.2, 0.25) is 15.9 Å². The maximum Gasteiger partial charge on any atom is 0.435 e. The van der Waals surface area contributed by atoms with Crippen molar-refractivity contribution >= 4 is 15.9 Å². The first kappa shape index (κ1) is 27.1. The predicted molar refractivity (Wildman–Crippen MR) is 113 cm³/mol. The van der Waals surface area contributed by atoms with Crippen LogP contribution in [0.25, 0.3) is 0 Å². The third-order valence-electron chi connectivity index (χ3n) is 7.63. The average molecular weight is 547 g/mol. The highest BCUT2D eigenvalue weighted by Crippen LogP contribution is 2.55. The highest BCUT2D eigenvalue weighted by Gasteiger charge is 2.73. The molecule has 1 saturated heterocycles. The summed E-state index contributed by atoms with van der Waals surface area (Å²) in [4.78, 5) is 12.8. The lowest BCUT2D eigenvalue weighted by Crippen LogP contribution is -2.67. The summed E-state index contributed by atoms with van der Waals surface area (Å²) in [6.07, 6.45) is -10.1. The Kier molecular flexibility index (Phi) is 6.44. The monoisotopic (exact) mass is 546 g/mol. The number of β-amino-alcohol motifs (C(OH)–C–C–N with tert-alkyl or cyclic N) is 1. The molecule has 1 heterocycles. The molecule has 6 nitrogen and oxygen atoms in total. The highest BCUT2D eigenvalue weighted by atomic mass is 32.2. The number of halogens is 7. The van der Waals surface area contributed by atoms with E-state index in [1.165, 1.54) is 0 Å². The molecule has 3 aliphatic rings. The molecule has 202 valence electrons. The molecule has 1 aliphatic heterocycles. The van der Waals surface area contributed by atoms with Crippen LogP contribution in [0.15, 0.2) is 18.2 Å². The van der Waals surface area contributed by atoms with Gasteiger partial charge in [0.15, 0.2) is 0 Å². The van der Waals surface area contributed by atoms with Crippen molar-refractivity contribution in [3.05, 3.63) is 34.9 Å². The number of fused-ring (bicyclic) bond motifs is 3. The molecular formula is C22H25F7N2O4S. The zero-order valence-corrected chi connectivity index (χ0v) is 19.9. The predicted octanol–water partition coefficient (Wildman–Crippen LogP) is 3.15. The molecule has 0 unspecified atom stereocenters. The van der Waals surface area contributed by atoms with Gasteiger partial charge < -0.3 is 10.4 Å². The van der Waals surface area contributed by atoms with Crippen LogP contribution in [0.2, 0.25) is 0 Å². The zero-order chi connectivity index (χ0) is 26.9. The summed E-state index contributed by atoms with van der Waals surface area (Å²) in [6.45, 7) is -0.450. The number of nitrogens with zero attached hydrogens (tertiary/aromatic N) is 1. The van der Waals surface area contributed by atoms with Gasteiger partial charge in [0.25, 0.3) is 0 Å². The molecule has 0 aromatic heterocycles. The number of nitrogens with one attached hydrogen (secondary N) is 1. The number of hydrogen-bond acceptors (Lipinski definition) is 4. The Bertz CT molecular complexity index is 1130. The Balaban J connectivity index is 1.46. The summed E-state index contributed by atoms with van der Waals surface area (Å²) in [5, 5.41) is 13.0. The van der Waals surface area contributed by atoms with Gasteiger partial charge in [0.1, 0.15) is 5.60 Å². The van der Waals surface area contributed by atoms with E-state index in [1.807, 2.05) is 0 Å². The lowest BCUT2D eigenvalue weighted by molar-refractivity contribution is -0.348. The molecule has 36 heavy (non-hydrogen) atoms. The second-order valence-electron chi connectivity index (χ2n) is 10.0. The third-order valence-corrected chi connectivity index (χ3v) is 8.83. The van der Waals surface area contributed by atoms with Crippen molar-refractivity contribution in [1.82, 2.24) is 9.62 Å². The molecule has 1 amide bonds. The smallest absolute Gasteiger partial charge is 0.385 e. The summed E-state index contributed by atoms with van der Waals surface area (Å²) in [7, 11) is -3.45. The number of aliphatic hydroxyl groups is 1. The number of aryl methyl sites for hydroxylation is 1. The Morgan fingerprint density at radius 3 is 2.25 bits per heavy atom. The third kappa shape index (κ3) is 4.49. The zero-order valence-electron chi connectivity index (χ0n) is 19.1. The van der Waals surface area contributed by atoms with E-state index in [4.69, 9.17) is 0 Å². The lowest BCUT2D eigenvalue weighted by atomic mass is 9.73. The van der Waals surface area contributed by atoms with Crippen LogP contribution in [0, 0.1) is 11.8 Å². The van der Waals surface area contributed by atoms with Crippen LogP contribution in [0.1, 0.15) is 41.9 Å². The van der Waals surface area contributed by atoms with Crippen LogP contribution in [0.4, 0.5) is 30.7 Å². The van der Waals surface area contributed by atoms with Gasteiger partial charge in [-0.2, -0.15) is 30.6 Å². The molecule has 2 fully saturated rings. The van der Waals surface area contributed by atoms with Crippen LogP contribution >= 0.6 is 0 Å². The normalized spacial score (nSPS) is 26.6. The summed E-state index contributed by atoms with van der Waals surface area (Å²) in [5.41, 5.74) is -7.67. The van der Waals surface area contributed by atoms with Gasteiger partial charge in [-0.15, -0.1) is 0 Å². The van der Waals surface area contributed by atoms with Crippen molar-refractivity contribution in [1.29, 1.82) is 0 Å². The molecule has 2 aliphatic carbocycles. The molecule has 14 heteroatoms. The molecule has 0 spiro atoms. The maximum absolute atomic E-state index is 14.5. The van der Waals surface area contributed by atoms with Crippen molar-refractivity contribution in [2.75, 3.05) is 25.9 Å². The van der Waals surface area contributed by atoms with Crippen molar-refractivity contribution in [2.24, 2.45) is 11.8 Å². The number of benzene rings is 1.